The highest BCUT2D eigenvalue weighted by atomic mass is 29.3. The van der Waals surface area contributed by atoms with E-state index in [0.717, 1.165) is 6.17 Å². The van der Waals surface area contributed by atoms with Gasteiger partial charge in [-0.2, -0.15) is 0 Å². The first kappa shape index (κ1) is 9.39. The molecule has 0 fully saturated rings. The monoisotopic (exact) mass is 161 g/mol. The van der Waals surface area contributed by atoms with Gasteiger partial charge in [0.1, 0.15) is 0 Å². The van der Waals surface area contributed by atoms with Gasteiger partial charge >= 0.3 is 0 Å². The first-order valence-electron chi connectivity index (χ1n) is 3.51. The number of rotatable bonds is 2. The lowest BCUT2D eigenvalue weighted by Gasteiger charge is -2.33. The van der Waals surface area contributed by atoms with Gasteiger partial charge in [0.2, 0.25) is 0 Å². The van der Waals surface area contributed by atoms with Crippen molar-refractivity contribution in [3.05, 3.63) is 0 Å². The van der Waals surface area contributed by atoms with E-state index >= 15 is 0 Å². The molecule has 0 saturated heterocycles. The molecule has 0 aliphatic heterocycles. The van der Waals surface area contributed by atoms with Gasteiger partial charge in [-0.1, -0.05) is 32.7 Å². The molecule has 0 heterocycles. The van der Waals surface area contributed by atoms with Crippen molar-refractivity contribution >= 4 is 15.2 Å². The van der Waals surface area contributed by atoms with Crippen LogP contribution in [-0.2, 0) is 0 Å². The summed E-state index contributed by atoms with van der Waals surface area (Å²) in [4.78, 5) is 0. The van der Waals surface area contributed by atoms with Gasteiger partial charge in [-0.3, -0.25) is 0 Å². The maximum atomic E-state index is 5.69. The average Bonchev–Trinajstić information content (AvgIpc) is 1.64. The van der Waals surface area contributed by atoms with Crippen molar-refractivity contribution < 1.29 is 0 Å². The summed E-state index contributed by atoms with van der Waals surface area (Å²) in [5.74, 6) is 0. The molecular weight excluding hydrogens is 142 g/mol. The van der Waals surface area contributed by atoms with Crippen molar-refractivity contribution in [2.45, 2.75) is 32.7 Å². The maximum Gasteiger partial charge on any atom is 0.0561 e. The second-order valence-electron chi connectivity index (χ2n) is 4.34. The molecule has 0 amide bonds. The lowest BCUT2D eigenvalue weighted by molar-refractivity contribution is 1.31. The molecular formula is C6H19NSi2. The molecule has 3 heteroatoms. The molecule has 0 saturated carbocycles. The molecule has 0 aromatic carbocycles. The zero-order valence-electron chi connectivity index (χ0n) is 7.28. The van der Waals surface area contributed by atoms with Crippen molar-refractivity contribution in [2.75, 3.05) is 6.17 Å². The van der Waals surface area contributed by atoms with Gasteiger partial charge in [0.15, 0.2) is 0 Å². The van der Waals surface area contributed by atoms with E-state index in [1.165, 1.54) is 0 Å². The largest absolute Gasteiger partial charge is 0.333 e. The van der Waals surface area contributed by atoms with Crippen LogP contribution in [0.3, 0.4) is 0 Å². The minimum atomic E-state index is -0.962. The highest BCUT2D eigenvalue weighted by molar-refractivity contribution is 7.40. The lowest BCUT2D eigenvalue weighted by Crippen LogP contribution is -2.57. The van der Waals surface area contributed by atoms with E-state index in [-0.39, 0.29) is 0 Å². The highest BCUT2D eigenvalue weighted by Gasteiger charge is 2.34. The normalized spacial score (nSPS) is 14.0. The second kappa shape index (κ2) is 2.56. The number of hydrogen-bond acceptors (Lipinski definition) is 1. The molecule has 0 aromatic rings. The van der Waals surface area contributed by atoms with Crippen LogP contribution in [0.25, 0.3) is 0 Å². The van der Waals surface area contributed by atoms with Crippen molar-refractivity contribution in [1.82, 2.24) is 0 Å². The van der Waals surface area contributed by atoms with Gasteiger partial charge in [-0.05, 0) is 6.17 Å². The fourth-order valence-corrected chi connectivity index (χ4v) is 2.76. The fraction of sp³-hybridized carbons (Fsp3) is 1.00. The van der Waals surface area contributed by atoms with Crippen LogP contribution in [0.1, 0.15) is 0 Å². The van der Waals surface area contributed by atoms with Gasteiger partial charge in [-0.15, -0.1) is 0 Å². The van der Waals surface area contributed by atoms with Crippen LogP contribution in [0.15, 0.2) is 0 Å². The summed E-state index contributed by atoms with van der Waals surface area (Å²) in [7, 11) is -1.83. The quantitative estimate of drug-likeness (QED) is 0.612. The van der Waals surface area contributed by atoms with Crippen molar-refractivity contribution in [1.29, 1.82) is 0 Å². The molecule has 0 rings (SSSR count). The molecule has 0 radical (unpaired) electrons. The van der Waals surface area contributed by atoms with Crippen LogP contribution < -0.4 is 5.73 Å². The summed E-state index contributed by atoms with van der Waals surface area (Å²) >= 11 is 0. The standard InChI is InChI=1S/C6H19NSi2/c1-8(2,3)9(4,5)6-7/h6-7H2,1-5H3. The van der Waals surface area contributed by atoms with Crippen LogP contribution >= 0.6 is 0 Å². The van der Waals surface area contributed by atoms with E-state index in [4.69, 9.17) is 5.73 Å². The molecule has 2 N–H and O–H groups in total. The Balaban J connectivity index is 4.14. The molecule has 0 unspecified atom stereocenters. The van der Waals surface area contributed by atoms with Gasteiger partial charge < -0.3 is 5.73 Å². The summed E-state index contributed by atoms with van der Waals surface area (Å²) < 4.78 is 0. The van der Waals surface area contributed by atoms with Gasteiger partial charge in [0.25, 0.3) is 0 Å². The Hall–Kier alpha value is 0.394. The fourth-order valence-electron chi connectivity index (χ4n) is 0.306. The maximum absolute atomic E-state index is 5.69. The summed E-state index contributed by atoms with van der Waals surface area (Å²) in [6.07, 6.45) is 0.961. The van der Waals surface area contributed by atoms with Crippen LogP contribution in [-0.4, -0.2) is 21.4 Å². The van der Waals surface area contributed by atoms with Crippen molar-refractivity contribution in [3.63, 3.8) is 0 Å². The van der Waals surface area contributed by atoms with Crippen LogP contribution in [0.5, 0.6) is 0 Å². The summed E-state index contributed by atoms with van der Waals surface area (Å²) in [6.45, 7) is 12.1. The van der Waals surface area contributed by atoms with Crippen LogP contribution in [0.4, 0.5) is 0 Å². The molecule has 0 atom stereocenters. The predicted molar refractivity (Wildman–Crippen MR) is 49.9 cm³/mol. The number of nitrogens with two attached hydrogens (primary N) is 1. The smallest absolute Gasteiger partial charge is 0.0561 e. The Bertz CT molecular complexity index is 93.7. The Kier molecular flexibility index (Phi) is 2.67. The van der Waals surface area contributed by atoms with E-state index in [2.05, 4.69) is 32.7 Å². The third-order valence-corrected chi connectivity index (χ3v) is 20.4. The molecule has 0 spiro atoms. The SMILES string of the molecule is C[Si](C)(C)[Si](C)(C)CN. The Morgan fingerprint density at radius 2 is 1.33 bits per heavy atom. The summed E-state index contributed by atoms with van der Waals surface area (Å²) in [5, 5.41) is 0. The van der Waals surface area contributed by atoms with Gasteiger partial charge in [-0.25, -0.2) is 0 Å². The third-order valence-electron chi connectivity index (χ3n) is 2.54. The van der Waals surface area contributed by atoms with E-state index in [1.807, 2.05) is 0 Å². The van der Waals surface area contributed by atoms with E-state index in [1.54, 1.807) is 0 Å². The molecule has 56 valence electrons. The Morgan fingerprint density at radius 1 is 1.00 bits per heavy atom. The zero-order chi connectivity index (χ0) is 7.71. The summed E-state index contributed by atoms with van der Waals surface area (Å²) in [6, 6.07) is 0. The van der Waals surface area contributed by atoms with Crippen LogP contribution in [0, 0.1) is 0 Å². The average molecular weight is 161 g/mol. The Morgan fingerprint density at radius 3 is 1.33 bits per heavy atom. The van der Waals surface area contributed by atoms with E-state index in [9.17, 15) is 0 Å². The minimum Gasteiger partial charge on any atom is -0.333 e. The van der Waals surface area contributed by atoms with Crippen LogP contribution in [0.2, 0.25) is 32.7 Å². The first-order valence-corrected chi connectivity index (χ1v) is 11.2. The number of hydrogen-bond donors (Lipinski definition) is 1. The Labute approximate surface area is 60.5 Å². The predicted octanol–water partition coefficient (Wildman–Crippen LogP) is 1.61. The van der Waals surface area contributed by atoms with Gasteiger partial charge in [0, 0.05) is 7.59 Å². The molecule has 0 aliphatic rings. The van der Waals surface area contributed by atoms with Gasteiger partial charge in [0.05, 0.1) is 7.59 Å². The molecule has 9 heavy (non-hydrogen) atoms. The molecule has 0 bridgehead atoms. The lowest BCUT2D eigenvalue weighted by atomic mass is 11.5. The highest BCUT2D eigenvalue weighted by Crippen LogP contribution is 2.16. The molecule has 0 aliphatic carbocycles. The third kappa shape index (κ3) is 2.23. The first-order chi connectivity index (χ1) is 3.81. The van der Waals surface area contributed by atoms with Crippen molar-refractivity contribution in [3.8, 4) is 0 Å². The minimum absolute atomic E-state index is 0.871. The second-order valence-corrected chi connectivity index (χ2v) is 21.6. The zero-order valence-corrected chi connectivity index (χ0v) is 9.28. The van der Waals surface area contributed by atoms with E-state index in [0.29, 0.717) is 0 Å². The summed E-state index contributed by atoms with van der Waals surface area (Å²) in [5.41, 5.74) is 5.69. The molecule has 0 aromatic heterocycles. The molecule has 1 nitrogen and oxygen atoms in total. The van der Waals surface area contributed by atoms with Crippen molar-refractivity contribution in [2.24, 2.45) is 5.73 Å². The topological polar surface area (TPSA) is 26.0 Å². The van der Waals surface area contributed by atoms with E-state index < -0.39 is 15.2 Å².